The van der Waals surface area contributed by atoms with Crippen LogP contribution in [0.5, 0.6) is 5.75 Å². The largest absolute Gasteiger partial charge is 0.573 e. The molecule has 0 amide bonds. The molecule has 0 fully saturated rings. The van der Waals surface area contributed by atoms with Crippen LogP contribution in [-0.4, -0.2) is 22.4 Å². The molecule has 0 atom stereocenters. The van der Waals surface area contributed by atoms with Crippen LogP contribution in [0.1, 0.15) is 5.69 Å². The molecule has 0 unspecified atom stereocenters. The van der Waals surface area contributed by atoms with Crippen LogP contribution in [0.2, 0.25) is 0 Å². The smallest absolute Gasteiger partial charge is 0.481 e. The number of aromatic nitrogens is 1. The Hall–Kier alpha value is -1.13. The fourth-order valence-electron chi connectivity index (χ4n) is 0.962. The molecular formula is C8H4F4INO3. The average molecular weight is 365 g/mol. The quantitative estimate of drug-likeness (QED) is 0.660. The van der Waals surface area contributed by atoms with Crippen LogP contribution in [0.25, 0.3) is 0 Å². The van der Waals surface area contributed by atoms with E-state index in [1.807, 2.05) is 0 Å². The van der Waals surface area contributed by atoms with Gasteiger partial charge in [0.25, 0.3) is 0 Å². The second-order valence-corrected chi connectivity index (χ2v) is 3.89. The van der Waals surface area contributed by atoms with E-state index in [1.165, 1.54) is 22.6 Å². The predicted molar refractivity (Wildman–Crippen MR) is 54.9 cm³/mol. The Morgan fingerprint density at radius 1 is 1.53 bits per heavy atom. The summed E-state index contributed by atoms with van der Waals surface area (Å²) in [6, 6.07) is 0. The number of carbonyl (C=O) groups is 1. The lowest BCUT2D eigenvalue weighted by Gasteiger charge is -2.12. The van der Waals surface area contributed by atoms with Crippen molar-refractivity contribution in [3.63, 3.8) is 0 Å². The molecule has 0 bridgehead atoms. The Bertz CT molecular complexity index is 449. The molecule has 1 aromatic heterocycles. The third-order valence-electron chi connectivity index (χ3n) is 1.54. The second-order valence-electron chi connectivity index (χ2n) is 2.81. The van der Waals surface area contributed by atoms with Gasteiger partial charge in [-0.05, 0) is 22.6 Å². The van der Waals surface area contributed by atoms with Crippen molar-refractivity contribution in [2.24, 2.45) is 0 Å². The third-order valence-corrected chi connectivity index (χ3v) is 2.65. The number of carboxylic acids is 1. The van der Waals surface area contributed by atoms with E-state index in [2.05, 4.69) is 9.72 Å². The van der Waals surface area contributed by atoms with E-state index >= 15 is 0 Å². The molecule has 0 saturated carbocycles. The number of alkyl halides is 3. The summed E-state index contributed by atoms with van der Waals surface area (Å²) < 4.78 is 52.1. The molecule has 0 saturated heterocycles. The molecule has 94 valence electrons. The van der Waals surface area contributed by atoms with Gasteiger partial charge in [-0.25, -0.2) is 4.39 Å². The molecule has 4 nitrogen and oxygen atoms in total. The second kappa shape index (κ2) is 5.02. The van der Waals surface area contributed by atoms with Gasteiger partial charge in [-0.15, -0.1) is 13.2 Å². The first-order valence-corrected chi connectivity index (χ1v) is 5.09. The van der Waals surface area contributed by atoms with Gasteiger partial charge < -0.3 is 9.84 Å². The van der Waals surface area contributed by atoms with Gasteiger partial charge in [0, 0.05) is 0 Å². The van der Waals surface area contributed by atoms with Crippen molar-refractivity contribution < 1.29 is 32.2 Å². The first-order valence-electron chi connectivity index (χ1n) is 4.01. The number of nitrogens with zero attached hydrogens (tertiary/aromatic N) is 1. The van der Waals surface area contributed by atoms with Crippen LogP contribution in [-0.2, 0) is 11.2 Å². The standard InChI is InChI=1S/C8H4F4INO3/c9-3-2-14-4(1-5(15)16)6(13)7(3)17-8(10,11)12/h2H,1H2,(H,15,16). The summed E-state index contributed by atoms with van der Waals surface area (Å²) in [6.45, 7) is 0. The molecule has 0 aliphatic rings. The van der Waals surface area contributed by atoms with Crippen molar-refractivity contribution in [2.45, 2.75) is 12.8 Å². The van der Waals surface area contributed by atoms with Crippen LogP contribution < -0.4 is 4.74 Å². The van der Waals surface area contributed by atoms with Gasteiger partial charge in [0.05, 0.1) is 21.9 Å². The number of carboxylic acid groups (broad SMARTS) is 1. The Labute approximate surface area is 106 Å². The Morgan fingerprint density at radius 3 is 2.59 bits per heavy atom. The van der Waals surface area contributed by atoms with Crippen molar-refractivity contribution in [2.75, 3.05) is 0 Å². The first-order chi connectivity index (χ1) is 7.70. The number of pyridine rings is 1. The minimum Gasteiger partial charge on any atom is -0.481 e. The number of rotatable bonds is 3. The zero-order chi connectivity index (χ0) is 13.2. The SMILES string of the molecule is O=C(O)Cc1ncc(F)c(OC(F)(F)F)c1I. The lowest BCUT2D eigenvalue weighted by Crippen LogP contribution is -2.20. The van der Waals surface area contributed by atoms with Crippen molar-refractivity contribution in [3.8, 4) is 5.75 Å². The van der Waals surface area contributed by atoms with Crippen LogP contribution in [0, 0.1) is 9.39 Å². The van der Waals surface area contributed by atoms with Gasteiger partial charge in [-0.1, -0.05) is 0 Å². The van der Waals surface area contributed by atoms with E-state index in [4.69, 9.17) is 5.11 Å². The lowest BCUT2D eigenvalue weighted by molar-refractivity contribution is -0.276. The van der Waals surface area contributed by atoms with Gasteiger partial charge in [-0.3, -0.25) is 9.78 Å². The minimum atomic E-state index is -5.05. The topological polar surface area (TPSA) is 59.4 Å². The normalized spacial score (nSPS) is 11.4. The van der Waals surface area contributed by atoms with Crippen molar-refractivity contribution in [1.29, 1.82) is 0 Å². The maximum atomic E-state index is 13.1. The van der Waals surface area contributed by atoms with Gasteiger partial charge in [-0.2, -0.15) is 0 Å². The van der Waals surface area contributed by atoms with Crippen molar-refractivity contribution >= 4 is 28.6 Å². The Balaban J connectivity index is 3.15. The molecule has 1 heterocycles. The highest BCUT2D eigenvalue weighted by atomic mass is 127. The van der Waals surface area contributed by atoms with Crippen LogP contribution in [0.15, 0.2) is 6.20 Å². The van der Waals surface area contributed by atoms with Crippen molar-refractivity contribution in [3.05, 3.63) is 21.3 Å². The molecule has 1 rings (SSSR count). The number of hydrogen-bond acceptors (Lipinski definition) is 3. The first kappa shape index (κ1) is 13.9. The summed E-state index contributed by atoms with van der Waals surface area (Å²) in [5.41, 5.74) is -0.196. The van der Waals surface area contributed by atoms with E-state index < -0.39 is 30.3 Å². The van der Waals surface area contributed by atoms with E-state index in [9.17, 15) is 22.4 Å². The molecule has 0 spiro atoms. The average Bonchev–Trinajstić information content (AvgIpc) is 2.15. The zero-order valence-electron chi connectivity index (χ0n) is 7.89. The maximum absolute atomic E-state index is 13.1. The molecule has 0 radical (unpaired) electrons. The Morgan fingerprint density at radius 2 is 2.12 bits per heavy atom. The van der Waals surface area contributed by atoms with Gasteiger partial charge in [0.1, 0.15) is 0 Å². The highest BCUT2D eigenvalue weighted by molar-refractivity contribution is 14.1. The number of aliphatic carboxylic acids is 1. The van der Waals surface area contributed by atoms with E-state index in [0.717, 1.165) is 0 Å². The lowest BCUT2D eigenvalue weighted by atomic mass is 10.2. The predicted octanol–water partition coefficient (Wildman–Crippen LogP) is 2.35. The molecular weight excluding hydrogens is 361 g/mol. The van der Waals surface area contributed by atoms with Gasteiger partial charge in [0.2, 0.25) is 0 Å². The van der Waals surface area contributed by atoms with Gasteiger partial charge in [0.15, 0.2) is 11.6 Å². The van der Waals surface area contributed by atoms with E-state index in [0.29, 0.717) is 6.20 Å². The van der Waals surface area contributed by atoms with E-state index in [1.54, 1.807) is 0 Å². The summed E-state index contributed by atoms with van der Waals surface area (Å²) in [4.78, 5) is 13.8. The number of halogens is 5. The van der Waals surface area contributed by atoms with Crippen molar-refractivity contribution in [1.82, 2.24) is 4.98 Å². The summed E-state index contributed by atoms with van der Waals surface area (Å²) in [5.74, 6) is -3.66. The summed E-state index contributed by atoms with van der Waals surface area (Å²) in [6.07, 6.45) is -5.18. The molecule has 1 N–H and O–H groups in total. The van der Waals surface area contributed by atoms with Crippen LogP contribution >= 0.6 is 22.6 Å². The zero-order valence-corrected chi connectivity index (χ0v) is 10.0. The molecule has 1 aromatic rings. The third kappa shape index (κ3) is 3.98. The fraction of sp³-hybridized carbons (Fsp3) is 0.250. The summed E-state index contributed by atoms with van der Waals surface area (Å²) >= 11 is 1.35. The maximum Gasteiger partial charge on any atom is 0.573 e. The van der Waals surface area contributed by atoms with Crippen LogP contribution in [0.4, 0.5) is 17.6 Å². The number of ether oxygens (including phenoxy) is 1. The summed E-state index contributed by atoms with van der Waals surface area (Å²) in [7, 11) is 0. The summed E-state index contributed by atoms with van der Waals surface area (Å²) in [5, 5.41) is 8.48. The van der Waals surface area contributed by atoms with Gasteiger partial charge >= 0.3 is 12.3 Å². The van der Waals surface area contributed by atoms with E-state index in [-0.39, 0.29) is 9.26 Å². The van der Waals surface area contributed by atoms with Crippen LogP contribution in [0.3, 0.4) is 0 Å². The minimum absolute atomic E-state index is 0.196. The molecule has 9 heteroatoms. The highest BCUT2D eigenvalue weighted by Crippen LogP contribution is 2.31. The highest BCUT2D eigenvalue weighted by Gasteiger charge is 2.34. The fourth-order valence-corrected chi connectivity index (χ4v) is 1.66. The molecule has 0 aliphatic carbocycles. The Kier molecular flexibility index (Phi) is 4.11. The molecule has 0 aromatic carbocycles. The monoisotopic (exact) mass is 365 g/mol. The molecule has 0 aliphatic heterocycles. The molecule has 17 heavy (non-hydrogen) atoms. The number of hydrogen-bond donors (Lipinski definition) is 1.